The molecule has 1 amide bonds. The lowest BCUT2D eigenvalue weighted by Crippen LogP contribution is -2.58. The van der Waals surface area contributed by atoms with Gasteiger partial charge in [-0.2, -0.15) is 13.2 Å². The van der Waals surface area contributed by atoms with Crippen molar-refractivity contribution in [3.63, 3.8) is 0 Å². The number of carboxylic acids is 1. The van der Waals surface area contributed by atoms with Gasteiger partial charge in [0.2, 0.25) is 0 Å². The van der Waals surface area contributed by atoms with Crippen molar-refractivity contribution < 1.29 is 32.6 Å². The highest BCUT2D eigenvalue weighted by molar-refractivity contribution is 5.87. The van der Waals surface area contributed by atoms with Gasteiger partial charge in [0.05, 0.1) is 6.10 Å². The minimum atomic E-state index is -5.04. The van der Waals surface area contributed by atoms with Crippen molar-refractivity contribution in [3.05, 3.63) is 0 Å². The second-order valence-corrected chi connectivity index (χ2v) is 4.43. The number of fused-ring (bicyclic) bond motifs is 1. The summed E-state index contributed by atoms with van der Waals surface area (Å²) < 4.78 is 42.5. The zero-order valence-electron chi connectivity index (χ0n) is 9.31. The van der Waals surface area contributed by atoms with Crippen molar-refractivity contribution in [2.24, 2.45) is 5.92 Å². The van der Waals surface area contributed by atoms with Crippen LogP contribution in [-0.2, 0) is 14.3 Å². The fraction of sp³-hybridized carbons (Fsp3) is 0.800. The molecule has 0 bridgehead atoms. The summed E-state index contributed by atoms with van der Waals surface area (Å²) in [6.07, 6.45) is -4.79. The van der Waals surface area contributed by atoms with E-state index in [4.69, 9.17) is 9.84 Å². The number of halogens is 3. The number of rotatable bonds is 1. The Morgan fingerprint density at radius 1 is 1.28 bits per heavy atom. The highest BCUT2D eigenvalue weighted by atomic mass is 19.4. The second-order valence-electron chi connectivity index (χ2n) is 4.43. The monoisotopic (exact) mass is 267 g/mol. The van der Waals surface area contributed by atoms with Crippen LogP contribution in [0.4, 0.5) is 13.2 Å². The molecular formula is C10H12F3NO4. The normalized spacial score (nSPS) is 32.2. The quantitative estimate of drug-likeness (QED) is 0.757. The molecule has 5 nitrogen and oxygen atoms in total. The molecule has 0 aromatic rings. The number of aliphatic carboxylic acids is 1. The van der Waals surface area contributed by atoms with Gasteiger partial charge in [0.15, 0.2) is 0 Å². The van der Waals surface area contributed by atoms with Crippen LogP contribution in [0, 0.1) is 5.92 Å². The van der Waals surface area contributed by atoms with Crippen molar-refractivity contribution >= 4 is 11.9 Å². The Kier molecular flexibility index (Phi) is 3.22. The molecule has 0 spiro atoms. The third kappa shape index (κ3) is 2.16. The first-order valence-electron chi connectivity index (χ1n) is 5.54. The highest BCUT2D eigenvalue weighted by Crippen LogP contribution is 2.35. The van der Waals surface area contributed by atoms with Crippen LogP contribution in [0.5, 0.6) is 0 Å². The van der Waals surface area contributed by atoms with Crippen molar-refractivity contribution in [1.29, 1.82) is 0 Å². The highest BCUT2D eigenvalue weighted by Gasteiger charge is 2.52. The zero-order valence-corrected chi connectivity index (χ0v) is 9.31. The Morgan fingerprint density at radius 3 is 2.50 bits per heavy atom. The number of amides is 1. The number of hydrogen-bond acceptors (Lipinski definition) is 3. The number of hydrogen-bond donors (Lipinski definition) is 1. The third-order valence-electron chi connectivity index (χ3n) is 3.41. The first-order chi connectivity index (χ1) is 8.32. The maximum atomic E-state index is 12.4. The maximum Gasteiger partial charge on any atom is 0.471 e. The van der Waals surface area contributed by atoms with E-state index in [2.05, 4.69) is 0 Å². The van der Waals surface area contributed by atoms with Crippen LogP contribution in [0.3, 0.4) is 0 Å². The molecular weight excluding hydrogens is 255 g/mol. The Balaban J connectivity index is 2.24. The average Bonchev–Trinajstić information content (AvgIpc) is 2.72. The number of likely N-dealkylation sites (tertiary alicyclic amines) is 1. The van der Waals surface area contributed by atoms with E-state index in [1.807, 2.05) is 0 Å². The van der Waals surface area contributed by atoms with Crippen molar-refractivity contribution in [2.75, 3.05) is 13.2 Å². The third-order valence-corrected chi connectivity index (χ3v) is 3.41. The van der Waals surface area contributed by atoms with Crippen LogP contribution in [-0.4, -0.2) is 53.4 Å². The molecule has 0 aromatic carbocycles. The molecule has 2 saturated heterocycles. The van der Waals surface area contributed by atoms with Gasteiger partial charge in [0.1, 0.15) is 6.04 Å². The van der Waals surface area contributed by atoms with Crippen LogP contribution < -0.4 is 0 Å². The molecule has 18 heavy (non-hydrogen) atoms. The summed E-state index contributed by atoms with van der Waals surface area (Å²) in [6.45, 7) is 0.0869. The Bertz CT molecular complexity index is 371. The van der Waals surface area contributed by atoms with Crippen molar-refractivity contribution in [3.8, 4) is 0 Å². The van der Waals surface area contributed by atoms with Gasteiger partial charge >= 0.3 is 18.1 Å². The summed E-state index contributed by atoms with van der Waals surface area (Å²) in [6, 6.07) is -1.44. The fourth-order valence-electron chi connectivity index (χ4n) is 2.67. The van der Waals surface area contributed by atoms with Crippen molar-refractivity contribution in [2.45, 2.75) is 31.2 Å². The van der Waals surface area contributed by atoms with Crippen LogP contribution in [0.1, 0.15) is 12.8 Å². The number of alkyl halides is 3. The molecule has 2 heterocycles. The average molecular weight is 267 g/mol. The number of ether oxygens (including phenoxy) is 1. The molecule has 0 aliphatic carbocycles. The van der Waals surface area contributed by atoms with Crippen LogP contribution >= 0.6 is 0 Å². The van der Waals surface area contributed by atoms with E-state index in [1.54, 1.807) is 0 Å². The van der Waals surface area contributed by atoms with Crippen LogP contribution in [0.15, 0.2) is 0 Å². The standard InChI is InChI=1S/C10H12F3NO4/c11-10(12,13)9(17)14-3-1-6-5(2-4-18-6)7(14)8(15)16/h5-7H,1-4H2,(H,15,16)/t5-,6-,7?/m1/s1. The smallest absolute Gasteiger partial charge is 0.471 e. The summed E-state index contributed by atoms with van der Waals surface area (Å²) in [4.78, 5) is 22.8. The summed E-state index contributed by atoms with van der Waals surface area (Å²) in [5.74, 6) is -4.05. The van der Waals surface area contributed by atoms with Gasteiger partial charge < -0.3 is 14.7 Å². The molecule has 8 heteroatoms. The summed E-state index contributed by atoms with van der Waals surface area (Å²) in [7, 11) is 0. The predicted molar refractivity (Wildman–Crippen MR) is 51.7 cm³/mol. The molecule has 0 radical (unpaired) electrons. The molecule has 2 aliphatic heterocycles. The molecule has 102 valence electrons. The molecule has 2 fully saturated rings. The number of carbonyl (C=O) groups excluding carboxylic acids is 1. The molecule has 3 atom stereocenters. The number of carbonyl (C=O) groups is 2. The number of nitrogens with zero attached hydrogens (tertiary/aromatic N) is 1. The largest absolute Gasteiger partial charge is 0.480 e. The van der Waals surface area contributed by atoms with E-state index in [-0.39, 0.29) is 19.1 Å². The van der Waals surface area contributed by atoms with Crippen LogP contribution in [0.2, 0.25) is 0 Å². The molecule has 2 aliphatic rings. The summed E-state index contributed by atoms with van der Waals surface area (Å²) in [5.41, 5.74) is 0. The van der Waals surface area contributed by atoms with Gasteiger partial charge in [-0.3, -0.25) is 4.79 Å². The molecule has 0 saturated carbocycles. The number of piperidine rings is 1. The van der Waals surface area contributed by atoms with Gasteiger partial charge in [-0.25, -0.2) is 4.79 Å². The SMILES string of the molecule is O=C(O)C1[C@@H]2CCO[C@@H]2CCN1C(=O)C(F)(F)F. The van der Waals surface area contributed by atoms with E-state index in [0.29, 0.717) is 17.9 Å². The molecule has 1 N–H and O–H groups in total. The van der Waals surface area contributed by atoms with Crippen LogP contribution in [0.25, 0.3) is 0 Å². The van der Waals surface area contributed by atoms with E-state index < -0.39 is 30.0 Å². The summed E-state index contributed by atoms with van der Waals surface area (Å²) >= 11 is 0. The van der Waals surface area contributed by atoms with Crippen molar-refractivity contribution in [1.82, 2.24) is 4.90 Å². The summed E-state index contributed by atoms with van der Waals surface area (Å²) in [5, 5.41) is 9.05. The Labute approximate surface area is 100 Å². The van der Waals surface area contributed by atoms with E-state index >= 15 is 0 Å². The molecule has 2 rings (SSSR count). The van der Waals surface area contributed by atoms with Gasteiger partial charge in [0.25, 0.3) is 0 Å². The van der Waals surface area contributed by atoms with E-state index in [0.717, 1.165) is 0 Å². The minimum Gasteiger partial charge on any atom is -0.480 e. The fourth-order valence-corrected chi connectivity index (χ4v) is 2.67. The molecule has 0 aromatic heterocycles. The maximum absolute atomic E-state index is 12.4. The lowest BCUT2D eigenvalue weighted by atomic mass is 9.86. The van der Waals surface area contributed by atoms with Gasteiger partial charge in [-0.1, -0.05) is 0 Å². The minimum absolute atomic E-state index is 0.240. The second kappa shape index (κ2) is 4.42. The topological polar surface area (TPSA) is 66.8 Å². The Morgan fingerprint density at radius 2 is 1.94 bits per heavy atom. The molecule has 1 unspecified atom stereocenters. The first kappa shape index (κ1) is 13.1. The number of carboxylic acid groups (broad SMARTS) is 1. The lowest BCUT2D eigenvalue weighted by molar-refractivity contribution is -0.194. The Hall–Kier alpha value is -1.31. The van der Waals surface area contributed by atoms with E-state index in [9.17, 15) is 22.8 Å². The lowest BCUT2D eigenvalue weighted by Gasteiger charge is -2.39. The van der Waals surface area contributed by atoms with E-state index in [1.165, 1.54) is 0 Å². The zero-order chi connectivity index (χ0) is 13.5. The van der Waals surface area contributed by atoms with Gasteiger partial charge in [-0.15, -0.1) is 0 Å². The van der Waals surface area contributed by atoms with Gasteiger partial charge in [-0.05, 0) is 12.8 Å². The first-order valence-corrected chi connectivity index (χ1v) is 5.54. The van der Waals surface area contributed by atoms with Gasteiger partial charge in [0, 0.05) is 19.1 Å². The predicted octanol–water partition coefficient (Wildman–Crippen LogP) is 0.639.